The molecule has 0 amide bonds. The van der Waals surface area contributed by atoms with Gasteiger partial charge >= 0.3 is 3.98 Å². The molecular weight excluding hydrogens is 595 g/mol. The number of oxime groups is 1. The van der Waals surface area contributed by atoms with Gasteiger partial charge in [-0.25, -0.2) is 19.3 Å². The van der Waals surface area contributed by atoms with Gasteiger partial charge in [-0.3, -0.25) is 9.78 Å². The summed E-state index contributed by atoms with van der Waals surface area (Å²) in [4.78, 5) is 43.3. The number of halogens is 1. The maximum absolute atomic E-state index is 13.7. The SMILES string of the molecule is CCCCc1nc(C)n(-c2ccccn2)c(=O)c1Cc1ccc(-c2ccccc2/C(N)=N/OC(=O)I)nc1. The minimum Gasteiger partial charge on any atom is -0.380 e. The zero-order valence-electron chi connectivity index (χ0n) is 21.1. The molecule has 194 valence electrons. The summed E-state index contributed by atoms with van der Waals surface area (Å²) in [7, 11) is 0. The van der Waals surface area contributed by atoms with E-state index in [4.69, 9.17) is 10.7 Å². The van der Waals surface area contributed by atoms with Crippen molar-refractivity contribution in [2.45, 2.75) is 39.5 Å². The van der Waals surface area contributed by atoms with Crippen molar-refractivity contribution in [2.24, 2.45) is 10.9 Å². The Bertz CT molecular complexity index is 1520. The predicted octanol–water partition coefficient (Wildman–Crippen LogP) is 5.12. The predicted molar refractivity (Wildman–Crippen MR) is 155 cm³/mol. The summed E-state index contributed by atoms with van der Waals surface area (Å²) in [5.41, 5.74) is 10.3. The molecule has 10 heteroatoms. The topological polar surface area (TPSA) is 125 Å². The van der Waals surface area contributed by atoms with Gasteiger partial charge in [0.25, 0.3) is 5.56 Å². The van der Waals surface area contributed by atoms with Crippen LogP contribution in [0.25, 0.3) is 17.1 Å². The van der Waals surface area contributed by atoms with Crippen molar-refractivity contribution < 1.29 is 9.63 Å². The number of carbonyl (C=O) groups excluding carboxylic acids is 1. The van der Waals surface area contributed by atoms with Gasteiger partial charge in [-0.2, -0.15) is 0 Å². The van der Waals surface area contributed by atoms with Crippen molar-refractivity contribution >= 4 is 32.4 Å². The maximum atomic E-state index is 13.7. The van der Waals surface area contributed by atoms with Crippen LogP contribution in [0.2, 0.25) is 0 Å². The van der Waals surface area contributed by atoms with E-state index in [-0.39, 0.29) is 11.4 Å². The second-order valence-corrected chi connectivity index (χ2v) is 9.48. The first-order chi connectivity index (χ1) is 18.4. The monoisotopic (exact) mass is 622 g/mol. The van der Waals surface area contributed by atoms with Crippen LogP contribution in [-0.2, 0) is 17.7 Å². The number of hydrogen-bond donors (Lipinski definition) is 1. The molecule has 0 saturated heterocycles. The molecule has 4 aromatic rings. The highest BCUT2D eigenvalue weighted by molar-refractivity contribution is 14.1. The number of nitrogens with zero attached hydrogens (tertiary/aromatic N) is 5. The van der Waals surface area contributed by atoms with Crippen LogP contribution in [0.3, 0.4) is 0 Å². The first-order valence-electron chi connectivity index (χ1n) is 12.2. The van der Waals surface area contributed by atoms with Gasteiger partial charge in [0.15, 0.2) is 5.84 Å². The molecule has 0 fully saturated rings. The Kier molecular flexibility index (Phi) is 8.95. The molecule has 0 atom stereocenters. The lowest BCUT2D eigenvalue weighted by atomic mass is 10.00. The Hall–Kier alpha value is -3.93. The molecule has 3 aromatic heterocycles. The highest BCUT2D eigenvalue weighted by atomic mass is 127. The van der Waals surface area contributed by atoms with Gasteiger partial charge in [0.05, 0.1) is 34.0 Å². The van der Waals surface area contributed by atoms with Crippen LogP contribution in [-0.4, -0.2) is 29.3 Å². The molecule has 38 heavy (non-hydrogen) atoms. The zero-order chi connectivity index (χ0) is 27.1. The number of hydrogen-bond acceptors (Lipinski definition) is 7. The summed E-state index contributed by atoms with van der Waals surface area (Å²) < 4.78 is 0.976. The van der Waals surface area contributed by atoms with E-state index in [1.54, 1.807) is 29.1 Å². The van der Waals surface area contributed by atoms with Gasteiger partial charge in [0, 0.05) is 35.5 Å². The third kappa shape index (κ3) is 6.31. The molecule has 9 nitrogen and oxygen atoms in total. The van der Waals surface area contributed by atoms with Crippen LogP contribution in [0.1, 0.15) is 48.0 Å². The minimum atomic E-state index is -0.587. The van der Waals surface area contributed by atoms with Crippen LogP contribution >= 0.6 is 22.6 Å². The highest BCUT2D eigenvalue weighted by Crippen LogP contribution is 2.23. The van der Waals surface area contributed by atoms with Crippen LogP contribution in [0, 0.1) is 6.92 Å². The van der Waals surface area contributed by atoms with Crippen molar-refractivity contribution in [3.05, 3.63) is 106 Å². The molecule has 0 radical (unpaired) electrons. The molecule has 2 N–H and O–H groups in total. The molecule has 0 aliphatic carbocycles. The van der Waals surface area contributed by atoms with Crippen LogP contribution in [0.4, 0.5) is 4.79 Å². The molecule has 3 heterocycles. The number of benzene rings is 1. The van der Waals surface area contributed by atoms with E-state index >= 15 is 0 Å². The third-order valence-corrected chi connectivity index (χ3v) is 6.17. The quantitative estimate of drug-likeness (QED) is 0.0686. The molecule has 0 unspecified atom stereocenters. The number of pyridine rings is 2. The van der Waals surface area contributed by atoms with Crippen molar-refractivity contribution in [2.75, 3.05) is 0 Å². The summed E-state index contributed by atoms with van der Waals surface area (Å²) in [5.74, 6) is 1.22. The second-order valence-electron chi connectivity index (χ2n) is 8.60. The Balaban J connectivity index is 1.69. The Morgan fingerprint density at radius 1 is 1.11 bits per heavy atom. The van der Waals surface area contributed by atoms with Crippen molar-refractivity contribution in [1.29, 1.82) is 0 Å². The molecule has 0 saturated carbocycles. The first-order valence-corrected chi connectivity index (χ1v) is 13.2. The fourth-order valence-corrected chi connectivity index (χ4v) is 4.26. The normalized spacial score (nSPS) is 11.4. The smallest absolute Gasteiger partial charge is 0.380 e. The van der Waals surface area contributed by atoms with Crippen LogP contribution in [0.15, 0.2) is 76.9 Å². The molecule has 0 aliphatic heterocycles. The average molecular weight is 622 g/mol. The van der Waals surface area contributed by atoms with E-state index in [1.165, 1.54) is 22.6 Å². The van der Waals surface area contributed by atoms with Crippen molar-refractivity contribution in [3.63, 3.8) is 0 Å². The number of aryl methyl sites for hydroxylation is 2. The number of carbonyl (C=O) groups is 1. The minimum absolute atomic E-state index is 0.0675. The summed E-state index contributed by atoms with van der Waals surface area (Å²) in [6, 6.07) is 16.6. The average Bonchev–Trinajstić information content (AvgIpc) is 2.93. The van der Waals surface area contributed by atoms with Gasteiger partial charge in [0.1, 0.15) is 11.6 Å². The number of unbranched alkanes of at least 4 members (excludes halogenated alkanes) is 1. The number of nitrogens with two attached hydrogens (primary N) is 1. The van der Waals surface area contributed by atoms with Gasteiger partial charge in [-0.1, -0.05) is 54.9 Å². The molecule has 0 spiro atoms. The summed E-state index contributed by atoms with van der Waals surface area (Å²) in [6.07, 6.45) is 6.47. The molecule has 1 aromatic carbocycles. The summed E-state index contributed by atoms with van der Waals surface area (Å²) >= 11 is 1.48. The molecule has 4 rings (SSSR count). The fraction of sp³-hybridized carbons (Fsp3) is 0.214. The number of amidine groups is 1. The lowest BCUT2D eigenvalue weighted by molar-refractivity contribution is 0.184. The van der Waals surface area contributed by atoms with E-state index in [0.29, 0.717) is 34.9 Å². The van der Waals surface area contributed by atoms with Gasteiger partial charge in [0.2, 0.25) is 0 Å². The lowest BCUT2D eigenvalue weighted by Crippen LogP contribution is -2.29. The fourth-order valence-electron chi connectivity index (χ4n) is 4.16. The van der Waals surface area contributed by atoms with E-state index in [2.05, 4.69) is 26.9 Å². The lowest BCUT2D eigenvalue weighted by Gasteiger charge is -2.15. The highest BCUT2D eigenvalue weighted by Gasteiger charge is 2.17. The summed E-state index contributed by atoms with van der Waals surface area (Å²) in [6.45, 7) is 3.95. The maximum Gasteiger partial charge on any atom is 0.393 e. The molecule has 0 aliphatic rings. The largest absolute Gasteiger partial charge is 0.393 e. The number of rotatable bonds is 9. The van der Waals surface area contributed by atoms with Gasteiger partial charge < -0.3 is 10.6 Å². The first kappa shape index (κ1) is 27.1. The Morgan fingerprint density at radius 3 is 2.58 bits per heavy atom. The molecule has 0 bridgehead atoms. The van der Waals surface area contributed by atoms with E-state index in [0.717, 1.165) is 36.1 Å². The standard InChI is InChI=1S/C28H27IN6O3/c1-3-4-11-24-22(27(36)35(18(2)33-24)25-12-7-8-15-31-25)16-19-13-14-23(32-17-19)20-9-5-6-10-21(20)26(30)34-38-28(29)37/h5-10,12-15,17H,3-4,11,16H2,1-2H3,(H2,30,34). The zero-order valence-corrected chi connectivity index (χ0v) is 23.3. The van der Waals surface area contributed by atoms with Crippen molar-refractivity contribution in [1.82, 2.24) is 19.5 Å². The van der Waals surface area contributed by atoms with Crippen molar-refractivity contribution in [3.8, 4) is 17.1 Å². The van der Waals surface area contributed by atoms with Gasteiger partial charge in [-0.05, 0) is 43.5 Å². The van der Waals surface area contributed by atoms with Gasteiger partial charge in [-0.15, -0.1) is 0 Å². The van der Waals surface area contributed by atoms with E-state index in [1.807, 2.05) is 49.4 Å². The third-order valence-electron chi connectivity index (χ3n) is 5.98. The Labute approximate surface area is 233 Å². The van der Waals surface area contributed by atoms with E-state index < -0.39 is 3.98 Å². The second kappa shape index (κ2) is 12.5. The van der Waals surface area contributed by atoms with Crippen LogP contribution < -0.4 is 11.3 Å². The van der Waals surface area contributed by atoms with Crippen LogP contribution in [0.5, 0.6) is 0 Å². The Morgan fingerprint density at radius 2 is 1.89 bits per heavy atom. The van der Waals surface area contributed by atoms with E-state index in [9.17, 15) is 9.59 Å². The summed E-state index contributed by atoms with van der Waals surface area (Å²) in [5, 5.41) is 3.70. The molecular formula is C28H27IN6O3. The number of aromatic nitrogens is 4.